The number of hydrogen-bond acceptors (Lipinski definition) is 4. The van der Waals surface area contributed by atoms with Crippen molar-refractivity contribution in [1.82, 2.24) is 10.3 Å². The zero-order valence-electron chi connectivity index (χ0n) is 11.5. The minimum atomic E-state index is -0.895. The number of furan rings is 1. The monoisotopic (exact) mass is 316 g/mol. The molecule has 6 heteroatoms. The Balaban J connectivity index is 1.72. The molecule has 1 unspecified atom stereocenters. The van der Waals surface area contributed by atoms with Crippen LogP contribution >= 0.6 is 11.6 Å². The third-order valence-corrected chi connectivity index (χ3v) is 3.45. The highest BCUT2D eigenvalue weighted by molar-refractivity contribution is 6.31. The van der Waals surface area contributed by atoms with E-state index in [1.54, 1.807) is 36.4 Å². The van der Waals surface area contributed by atoms with E-state index in [2.05, 4.69) is 10.3 Å². The van der Waals surface area contributed by atoms with Crippen molar-refractivity contribution < 1.29 is 14.3 Å². The van der Waals surface area contributed by atoms with Crippen molar-refractivity contribution >= 4 is 28.4 Å². The fraction of sp³-hybridized carbons (Fsp3) is 0.125. The summed E-state index contributed by atoms with van der Waals surface area (Å²) in [6.07, 6.45) is 0.573. The molecule has 0 aliphatic heterocycles. The Morgan fingerprint density at radius 1 is 1.32 bits per heavy atom. The number of pyridine rings is 1. The average molecular weight is 317 g/mol. The quantitative estimate of drug-likeness (QED) is 0.776. The van der Waals surface area contributed by atoms with E-state index in [1.807, 2.05) is 6.07 Å². The van der Waals surface area contributed by atoms with Crippen molar-refractivity contribution in [2.24, 2.45) is 0 Å². The molecule has 0 fully saturated rings. The number of halogens is 1. The fourth-order valence-corrected chi connectivity index (χ4v) is 2.24. The molecule has 0 radical (unpaired) electrons. The molecule has 1 amide bonds. The molecule has 2 aromatic heterocycles. The Hall–Kier alpha value is -2.37. The van der Waals surface area contributed by atoms with Gasteiger partial charge in [-0.15, -0.1) is 0 Å². The molecular weight excluding hydrogens is 304 g/mol. The Labute approximate surface area is 131 Å². The molecule has 5 nitrogen and oxygen atoms in total. The minimum absolute atomic E-state index is 0.0433. The first-order valence-electron chi connectivity index (χ1n) is 6.69. The Morgan fingerprint density at radius 3 is 2.91 bits per heavy atom. The first-order valence-corrected chi connectivity index (χ1v) is 7.07. The van der Waals surface area contributed by atoms with Crippen LogP contribution in [0.15, 0.2) is 53.1 Å². The zero-order valence-corrected chi connectivity index (χ0v) is 12.2. The summed E-state index contributed by atoms with van der Waals surface area (Å²) < 4.78 is 5.07. The number of benzene rings is 1. The molecular formula is C16H13ClN2O3. The molecule has 3 aromatic rings. The first kappa shape index (κ1) is 14.6. The summed E-state index contributed by atoms with van der Waals surface area (Å²) in [7, 11) is 0. The van der Waals surface area contributed by atoms with Crippen LogP contribution in [0.4, 0.5) is 0 Å². The third-order valence-electron chi connectivity index (χ3n) is 3.21. The van der Waals surface area contributed by atoms with Crippen LogP contribution in [-0.2, 0) is 0 Å². The van der Waals surface area contributed by atoms with Gasteiger partial charge in [0.15, 0.2) is 0 Å². The second-order valence-corrected chi connectivity index (χ2v) is 5.21. The maximum atomic E-state index is 12.1. The lowest BCUT2D eigenvalue weighted by Crippen LogP contribution is -2.28. The van der Waals surface area contributed by atoms with E-state index in [4.69, 9.17) is 16.0 Å². The van der Waals surface area contributed by atoms with E-state index in [0.717, 1.165) is 5.39 Å². The van der Waals surface area contributed by atoms with Crippen LogP contribution in [0.5, 0.6) is 0 Å². The van der Waals surface area contributed by atoms with E-state index in [0.29, 0.717) is 16.3 Å². The highest BCUT2D eigenvalue weighted by Gasteiger charge is 2.14. The summed E-state index contributed by atoms with van der Waals surface area (Å²) >= 11 is 5.93. The zero-order chi connectivity index (χ0) is 15.5. The lowest BCUT2D eigenvalue weighted by atomic mass is 10.2. The van der Waals surface area contributed by atoms with Crippen LogP contribution in [0.1, 0.15) is 22.4 Å². The van der Waals surface area contributed by atoms with Crippen molar-refractivity contribution in [1.29, 1.82) is 0 Å². The molecule has 1 atom stereocenters. The van der Waals surface area contributed by atoms with Gasteiger partial charge in [-0.1, -0.05) is 23.7 Å². The van der Waals surface area contributed by atoms with Crippen molar-refractivity contribution in [2.45, 2.75) is 6.10 Å². The molecule has 0 aliphatic rings. The van der Waals surface area contributed by atoms with Crippen LogP contribution in [0.25, 0.3) is 10.9 Å². The molecule has 0 spiro atoms. The Morgan fingerprint density at radius 2 is 2.14 bits per heavy atom. The molecule has 3 rings (SSSR count). The van der Waals surface area contributed by atoms with E-state index in [9.17, 15) is 9.90 Å². The number of rotatable bonds is 4. The maximum absolute atomic E-state index is 12.1. The fourth-order valence-electron chi connectivity index (χ4n) is 2.08. The Bertz CT molecular complexity index is 802. The van der Waals surface area contributed by atoms with Gasteiger partial charge in [-0.05, 0) is 30.3 Å². The van der Waals surface area contributed by atoms with Gasteiger partial charge in [0.05, 0.1) is 18.3 Å². The number of aromatic nitrogens is 1. The topological polar surface area (TPSA) is 75.4 Å². The minimum Gasteiger partial charge on any atom is -0.467 e. The van der Waals surface area contributed by atoms with Crippen LogP contribution in [-0.4, -0.2) is 22.5 Å². The van der Waals surface area contributed by atoms with Crippen molar-refractivity contribution in [3.63, 3.8) is 0 Å². The van der Waals surface area contributed by atoms with Crippen LogP contribution < -0.4 is 5.32 Å². The number of nitrogens with one attached hydrogen (secondary N) is 1. The largest absolute Gasteiger partial charge is 0.467 e. The second-order valence-electron chi connectivity index (χ2n) is 4.77. The summed E-state index contributed by atoms with van der Waals surface area (Å²) in [6.45, 7) is 0.0433. The van der Waals surface area contributed by atoms with Crippen molar-refractivity contribution in [2.75, 3.05) is 6.54 Å². The standard InChI is InChI=1S/C16H13ClN2O3/c17-11-5-3-10-4-6-12(19-13(10)8-11)16(21)18-9-14(20)15-2-1-7-22-15/h1-8,14,20H,9H2,(H,18,21). The average Bonchev–Trinajstić information content (AvgIpc) is 3.06. The molecule has 22 heavy (non-hydrogen) atoms. The van der Waals surface area contributed by atoms with Crippen molar-refractivity contribution in [3.8, 4) is 0 Å². The molecule has 2 N–H and O–H groups in total. The number of amides is 1. The SMILES string of the molecule is O=C(NCC(O)c1ccco1)c1ccc2ccc(Cl)cc2n1. The predicted molar refractivity (Wildman–Crippen MR) is 82.8 cm³/mol. The maximum Gasteiger partial charge on any atom is 0.270 e. The van der Waals surface area contributed by atoms with Crippen LogP contribution in [0, 0.1) is 0 Å². The highest BCUT2D eigenvalue weighted by atomic mass is 35.5. The highest BCUT2D eigenvalue weighted by Crippen LogP contribution is 2.18. The van der Waals surface area contributed by atoms with Gasteiger partial charge in [0, 0.05) is 10.4 Å². The molecule has 2 heterocycles. The normalized spacial score (nSPS) is 12.3. The summed E-state index contributed by atoms with van der Waals surface area (Å²) in [4.78, 5) is 16.4. The number of carbonyl (C=O) groups is 1. The van der Waals surface area contributed by atoms with E-state index in [1.165, 1.54) is 6.26 Å². The first-order chi connectivity index (χ1) is 10.6. The van der Waals surface area contributed by atoms with Gasteiger partial charge in [0.1, 0.15) is 17.6 Å². The number of fused-ring (bicyclic) bond motifs is 1. The van der Waals surface area contributed by atoms with Gasteiger partial charge >= 0.3 is 0 Å². The lowest BCUT2D eigenvalue weighted by Gasteiger charge is -2.09. The van der Waals surface area contributed by atoms with E-state index in [-0.39, 0.29) is 18.1 Å². The van der Waals surface area contributed by atoms with Crippen molar-refractivity contribution in [3.05, 3.63) is 65.2 Å². The number of aliphatic hydroxyl groups excluding tert-OH is 1. The molecule has 112 valence electrons. The van der Waals surface area contributed by atoms with Gasteiger partial charge in [0.25, 0.3) is 5.91 Å². The van der Waals surface area contributed by atoms with Gasteiger partial charge in [0.2, 0.25) is 0 Å². The molecule has 0 saturated carbocycles. The summed E-state index contributed by atoms with van der Waals surface area (Å²) in [5.74, 6) is 0.0334. The number of aliphatic hydroxyl groups is 1. The summed E-state index contributed by atoms with van der Waals surface area (Å²) in [5, 5.41) is 13.9. The van der Waals surface area contributed by atoms with E-state index < -0.39 is 6.10 Å². The van der Waals surface area contributed by atoms with Gasteiger partial charge in [-0.3, -0.25) is 4.79 Å². The summed E-state index contributed by atoms with van der Waals surface area (Å²) in [6, 6.07) is 12.1. The third kappa shape index (κ3) is 3.10. The number of nitrogens with zero attached hydrogens (tertiary/aromatic N) is 1. The van der Waals surface area contributed by atoms with Gasteiger partial charge in [-0.25, -0.2) is 4.98 Å². The smallest absolute Gasteiger partial charge is 0.270 e. The molecule has 1 aromatic carbocycles. The lowest BCUT2D eigenvalue weighted by molar-refractivity contribution is 0.0896. The van der Waals surface area contributed by atoms with Crippen LogP contribution in [0.2, 0.25) is 5.02 Å². The van der Waals surface area contributed by atoms with Crippen LogP contribution in [0.3, 0.4) is 0 Å². The predicted octanol–water partition coefficient (Wildman–Crippen LogP) is 2.94. The molecule has 0 saturated heterocycles. The Kier molecular flexibility index (Phi) is 4.09. The molecule has 0 bridgehead atoms. The van der Waals surface area contributed by atoms with Gasteiger partial charge < -0.3 is 14.8 Å². The number of hydrogen-bond donors (Lipinski definition) is 2. The second kappa shape index (κ2) is 6.17. The summed E-state index contributed by atoms with van der Waals surface area (Å²) in [5.41, 5.74) is 0.910. The molecule has 0 aliphatic carbocycles. The number of carbonyl (C=O) groups excluding carboxylic acids is 1. The van der Waals surface area contributed by atoms with E-state index >= 15 is 0 Å². The van der Waals surface area contributed by atoms with Gasteiger partial charge in [-0.2, -0.15) is 0 Å².